The van der Waals surface area contributed by atoms with Crippen molar-refractivity contribution >= 4 is 11.8 Å². The van der Waals surface area contributed by atoms with Crippen LogP contribution >= 0.6 is 0 Å². The van der Waals surface area contributed by atoms with Crippen molar-refractivity contribution in [3.8, 4) is 0 Å². The average molecular weight is 280 g/mol. The molecule has 2 aromatic rings. The SMILES string of the molecule is C=CCOC(=O)c1ccc(C(=O)c2ccccc2C)cc1. The Morgan fingerprint density at radius 1 is 1.05 bits per heavy atom. The van der Waals surface area contributed by atoms with E-state index < -0.39 is 5.97 Å². The third-order valence-electron chi connectivity index (χ3n) is 3.10. The first-order chi connectivity index (χ1) is 10.1. The van der Waals surface area contributed by atoms with Gasteiger partial charge in [-0.15, -0.1) is 0 Å². The predicted octanol–water partition coefficient (Wildman–Crippen LogP) is 3.57. The molecule has 0 fully saturated rings. The number of aryl methyl sites for hydroxylation is 1. The van der Waals surface area contributed by atoms with Gasteiger partial charge in [-0.25, -0.2) is 4.79 Å². The quantitative estimate of drug-likeness (QED) is 0.478. The van der Waals surface area contributed by atoms with Crippen molar-refractivity contribution in [2.24, 2.45) is 0 Å². The van der Waals surface area contributed by atoms with Gasteiger partial charge < -0.3 is 4.74 Å². The second-order valence-electron chi connectivity index (χ2n) is 4.61. The van der Waals surface area contributed by atoms with Gasteiger partial charge in [0.2, 0.25) is 0 Å². The van der Waals surface area contributed by atoms with Gasteiger partial charge in [0, 0.05) is 11.1 Å². The molecular formula is C18H16O3. The smallest absolute Gasteiger partial charge is 0.338 e. The van der Waals surface area contributed by atoms with E-state index in [0.717, 1.165) is 5.56 Å². The summed E-state index contributed by atoms with van der Waals surface area (Å²) in [6.07, 6.45) is 1.51. The Bertz CT molecular complexity index is 669. The molecule has 3 nitrogen and oxygen atoms in total. The first-order valence-corrected chi connectivity index (χ1v) is 6.62. The summed E-state index contributed by atoms with van der Waals surface area (Å²) in [5.74, 6) is -0.483. The Morgan fingerprint density at radius 3 is 2.29 bits per heavy atom. The molecule has 21 heavy (non-hydrogen) atoms. The maximum Gasteiger partial charge on any atom is 0.338 e. The minimum absolute atomic E-state index is 0.0564. The predicted molar refractivity (Wildman–Crippen MR) is 81.5 cm³/mol. The van der Waals surface area contributed by atoms with Crippen LogP contribution < -0.4 is 0 Å². The molecule has 0 aromatic heterocycles. The lowest BCUT2D eigenvalue weighted by Crippen LogP contribution is -2.07. The van der Waals surface area contributed by atoms with Crippen molar-refractivity contribution in [2.75, 3.05) is 6.61 Å². The molecule has 0 N–H and O–H groups in total. The second kappa shape index (κ2) is 6.66. The van der Waals surface area contributed by atoms with E-state index >= 15 is 0 Å². The van der Waals surface area contributed by atoms with Crippen molar-refractivity contribution < 1.29 is 14.3 Å². The minimum atomic E-state index is -0.426. The van der Waals surface area contributed by atoms with E-state index in [2.05, 4.69) is 6.58 Å². The summed E-state index contributed by atoms with van der Waals surface area (Å²) in [6.45, 7) is 5.55. The molecule has 0 aliphatic heterocycles. The van der Waals surface area contributed by atoms with Crippen LogP contribution in [0.15, 0.2) is 61.2 Å². The number of benzene rings is 2. The molecule has 0 heterocycles. The van der Waals surface area contributed by atoms with Crippen LogP contribution in [-0.4, -0.2) is 18.4 Å². The fraction of sp³-hybridized carbons (Fsp3) is 0.111. The second-order valence-corrected chi connectivity index (χ2v) is 4.61. The lowest BCUT2D eigenvalue weighted by molar-refractivity contribution is 0.0549. The third-order valence-corrected chi connectivity index (χ3v) is 3.10. The molecule has 0 saturated carbocycles. The van der Waals surface area contributed by atoms with E-state index in [9.17, 15) is 9.59 Å². The van der Waals surface area contributed by atoms with E-state index in [4.69, 9.17) is 4.74 Å². The van der Waals surface area contributed by atoms with Gasteiger partial charge in [-0.05, 0) is 24.6 Å². The number of esters is 1. The van der Waals surface area contributed by atoms with Crippen LogP contribution in [0.1, 0.15) is 31.8 Å². The molecule has 0 radical (unpaired) electrons. The number of ether oxygens (including phenoxy) is 1. The number of rotatable bonds is 5. The fourth-order valence-electron chi connectivity index (χ4n) is 1.96. The molecule has 3 heteroatoms. The van der Waals surface area contributed by atoms with Crippen LogP contribution in [0.4, 0.5) is 0 Å². The summed E-state index contributed by atoms with van der Waals surface area (Å²) in [7, 11) is 0. The first kappa shape index (κ1) is 14.7. The van der Waals surface area contributed by atoms with Crippen molar-refractivity contribution in [1.82, 2.24) is 0 Å². The van der Waals surface area contributed by atoms with E-state index in [1.54, 1.807) is 30.3 Å². The standard InChI is InChI=1S/C18H16O3/c1-3-12-21-18(20)15-10-8-14(9-11-15)17(19)16-7-5-4-6-13(16)2/h3-11H,1,12H2,2H3. The zero-order chi connectivity index (χ0) is 15.2. The molecule has 0 unspecified atom stereocenters. The van der Waals surface area contributed by atoms with Crippen LogP contribution in [-0.2, 0) is 4.74 Å². The van der Waals surface area contributed by atoms with Crippen LogP contribution in [0.3, 0.4) is 0 Å². The normalized spacial score (nSPS) is 9.95. The Labute approximate surface area is 123 Å². The molecular weight excluding hydrogens is 264 g/mol. The topological polar surface area (TPSA) is 43.4 Å². The Kier molecular flexibility index (Phi) is 4.67. The molecule has 0 amide bonds. The first-order valence-electron chi connectivity index (χ1n) is 6.62. The number of carbonyl (C=O) groups is 2. The maximum atomic E-state index is 12.4. The van der Waals surface area contributed by atoms with E-state index in [1.165, 1.54) is 6.08 Å². The summed E-state index contributed by atoms with van der Waals surface area (Å²) in [5.41, 5.74) is 2.55. The van der Waals surface area contributed by atoms with Gasteiger partial charge in [-0.1, -0.05) is 49.1 Å². The summed E-state index contributed by atoms with van der Waals surface area (Å²) in [6, 6.07) is 13.9. The lowest BCUT2D eigenvalue weighted by atomic mass is 9.98. The summed E-state index contributed by atoms with van der Waals surface area (Å²) < 4.78 is 4.94. The van der Waals surface area contributed by atoms with Crippen LogP contribution in [0, 0.1) is 6.92 Å². The summed E-state index contributed by atoms with van der Waals surface area (Å²) in [4.78, 5) is 24.0. The number of hydrogen-bond donors (Lipinski definition) is 0. The number of hydrogen-bond acceptors (Lipinski definition) is 3. The van der Waals surface area contributed by atoms with E-state index in [1.807, 2.05) is 25.1 Å². The zero-order valence-corrected chi connectivity index (χ0v) is 11.8. The Morgan fingerprint density at radius 2 is 1.67 bits per heavy atom. The monoisotopic (exact) mass is 280 g/mol. The summed E-state index contributed by atoms with van der Waals surface area (Å²) >= 11 is 0. The van der Waals surface area contributed by atoms with Crippen molar-refractivity contribution in [1.29, 1.82) is 0 Å². The van der Waals surface area contributed by atoms with Gasteiger partial charge in [0.25, 0.3) is 0 Å². The van der Waals surface area contributed by atoms with Gasteiger partial charge >= 0.3 is 5.97 Å². The number of ketones is 1. The van der Waals surface area contributed by atoms with Gasteiger partial charge in [0.15, 0.2) is 5.78 Å². The molecule has 0 aliphatic carbocycles. The van der Waals surface area contributed by atoms with Gasteiger partial charge in [-0.3, -0.25) is 4.79 Å². The highest BCUT2D eigenvalue weighted by molar-refractivity contribution is 6.10. The largest absolute Gasteiger partial charge is 0.458 e. The van der Waals surface area contributed by atoms with Crippen molar-refractivity contribution in [3.05, 3.63) is 83.4 Å². The van der Waals surface area contributed by atoms with Crippen LogP contribution in [0.25, 0.3) is 0 Å². The molecule has 2 aromatic carbocycles. The molecule has 0 bridgehead atoms. The van der Waals surface area contributed by atoms with E-state index in [-0.39, 0.29) is 12.4 Å². The fourth-order valence-corrected chi connectivity index (χ4v) is 1.96. The zero-order valence-electron chi connectivity index (χ0n) is 11.8. The highest BCUT2D eigenvalue weighted by Crippen LogP contribution is 2.15. The summed E-state index contributed by atoms with van der Waals surface area (Å²) in [5, 5.41) is 0. The molecule has 2 rings (SSSR count). The molecule has 0 atom stereocenters. The van der Waals surface area contributed by atoms with Crippen molar-refractivity contribution in [3.63, 3.8) is 0 Å². The third kappa shape index (κ3) is 3.45. The average Bonchev–Trinajstić information content (AvgIpc) is 2.52. The van der Waals surface area contributed by atoms with Gasteiger partial charge in [0.05, 0.1) is 5.56 Å². The van der Waals surface area contributed by atoms with Crippen molar-refractivity contribution in [2.45, 2.75) is 6.92 Å². The van der Waals surface area contributed by atoms with Gasteiger partial charge in [0.1, 0.15) is 6.61 Å². The maximum absolute atomic E-state index is 12.4. The van der Waals surface area contributed by atoms with Gasteiger partial charge in [-0.2, -0.15) is 0 Å². The van der Waals surface area contributed by atoms with Crippen LogP contribution in [0.5, 0.6) is 0 Å². The molecule has 0 saturated heterocycles. The van der Waals surface area contributed by atoms with E-state index in [0.29, 0.717) is 16.7 Å². The highest BCUT2D eigenvalue weighted by atomic mass is 16.5. The minimum Gasteiger partial charge on any atom is -0.458 e. The molecule has 0 aliphatic rings. The Balaban J connectivity index is 2.19. The van der Waals surface area contributed by atoms with Crippen LogP contribution in [0.2, 0.25) is 0 Å². The number of carbonyl (C=O) groups excluding carboxylic acids is 2. The lowest BCUT2D eigenvalue weighted by Gasteiger charge is -2.06. The Hall–Kier alpha value is -2.68. The highest BCUT2D eigenvalue weighted by Gasteiger charge is 2.12. The molecule has 0 spiro atoms. The molecule has 106 valence electrons.